The number of hydrogen-bond acceptors (Lipinski definition) is 6. The van der Waals surface area contributed by atoms with Crippen LogP contribution in [0.15, 0.2) is 35.0 Å². The Bertz CT molecular complexity index is 566. The smallest absolute Gasteiger partial charge is 0.222 e. The van der Waals surface area contributed by atoms with Crippen LogP contribution in [-0.4, -0.2) is 7.05 Å². The van der Waals surface area contributed by atoms with Gasteiger partial charge in [0.05, 0.1) is 0 Å². The third kappa shape index (κ3) is 6.79. The van der Waals surface area contributed by atoms with Crippen molar-refractivity contribution >= 4 is 28.4 Å². The fraction of sp³-hybridized carbons (Fsp3) is 0.182. The second-order valence-electron chi connectivity index (χ2n) is 3.55. The SMILES string of the molecule is Cc1cccc([N+](C)=c2sccs2)c1.[O-][Cl+3]([O-])([O-])[O-]. The van der Waals surface area contributed by atoms with E-state index >= 15 is 0 Å². The van der Waals surface area contributed by atoms with Crippen molar-refractivity contribution in [3.63, 3.8) is 0 Å². The Morgan fingerprint density at radius 3 is 2.05 bits per heavy atom. The van der Waals surface area contributed by atoms with Gasteiger partial charge in [-0.3, -0.25) is 0 Å². The molecule has 0 aliphatic heterocycles. The van der Waals surface area contributed by atoms with Crippen LogP contribution in [0.2, 0.25) is 0 Å². The van der Waals surface area contributed by atoms with Gasteiger partial charge in [-0.1, -0.05) is 34.8 Å². The predicted octanol–water partition coefficient (Wildman–Crippen LogP) is -1.90. The molecule has 0 saturated carbocycles. The molecular formula is C11H12ClNO4S2. The summed E-state index contributed by atoms with van der Waals surface area (Å²) in [7, 11) is -2.84. The van der Waals surface area contributed by atoms with Crippen LogP contribution in [0.3, 0.4) is 0 Å². The highest BCUT2D eigenvalue weighted by Gasteiger charge is 2.04. The quantitative estimate of drug-likeness (QED) is 0.573. The molecule has 1 aromatic heterocycles. The monoisotopic (exact) mass is 321 g/mol. The van der Waals surface area contributed by atoms with E-state index in [1.54, 1.807) is 22.7 Å². The maximum absolute atomic E-state index is 8.49. The molecule has 0 aliphatic rings. The number of hydrogen-bond donors (Lipinski definition) is 0. The highest BCUT2D eigenvalue weighted by atomic mass is 35.7. The number of rotatable bonds is 1. The molecule has 0 saturated heterocycles. The maximum Gasteiger partial charge on any atom is 0.319 e. The van der Waals surface area contributed by atoms with E-state index in [4.69, 9.17) is 18.6 Å². The molecule has 5 nitrogen and oxygen atoms in total. The van der Waals surface area contributed by atoms with E-state index in [9.17, 15) is 0 Å². The number of aryl methyl sites for hydroxylation is 1. The van der Waals surface area contributed by atoms with Gasteiger partial charge in [0.15, 0.2) is 0 Å². The van der Waals surface area contributed by atoms with Crippen LogP contribution in [0, 0.1) is 17.2 Å². The van der Waals surface area contributed by atoms with Crippen LogP contribution in [0.1, 0.15) is 5.56 Å². The topological polar surface area (TPSA) is 95.2 Å². The first-order valence-electron chi connectivity index (χ1n) is 5.05. The van der Waals surface area contributed by atoms with Gasteiger partial charge in [-0.05, 0) is 12.5 Å². The zero-order valence-corrected chi connectivity index (χ0v) is 12.6. The van der Waals surface area contributed by atoms with Crippen molar-refractivity contribution in [2.75, 3.05) is 7.05 Å². The molecule has 104 valence electrons. The Labute approximate surface area is 120 Å². The Hall–Kier alpha value is -0.800. The molecule has 1 aromatic carbocycles. The average Bonchev–Trinajstić information content (AvgIpc) is 2.79. The molecule has 0 unspecified atom stereocenters. The largest absolute Gasteiger partial charge is 0.319 e. The van der Waals surface area contributed by atoms with E-state index in [2.05, 4.69) is 53.6 Å². The van der Waals surface area contributed by atoms with Crippen molar-refractivity contribution in [2.45, 2.75) is 6.92 Å². The summed E-state index contributed by atoms with van der Waals surface area (Å²) in [6, 6.07) is 8.56. The summed E-state index contributed by atoms with van der Waals surface area (Å²) in [6.45, 7) is 2.12. The molecule has 0 amide bonds. The van der Waals surface area contributed by atoms with Crippen molar-refractivity contribution in [1.29, 1.82) is 0 Å². The van der Waals surface area contributed by atoms with E-state index in [0.29, 0.717) is 0 Å². The highest BCUT2D eigenvalue weighted by Crippen LogP contribution is 2.10. The van der Waals surface area contributed by atoms with Gasteiger partial charge < -0.3 is 0 Å². The third-order valence-corrected chi connectivity index (χ3v) is 4.30. The minimum absolute atomic E-state index is 1.25. The Balaban J connectivity index is 0.000000312. The van der Waals surface area contributed by atoms with Crippen LogP contribution in [-0.2, 0) is 0 Å². The third-order valence-electron chi connectivity index (χ3n) is 2.06. The van der Waals surface area contributed by atoms with Crippen molar-refractivity contribution in [2.24, 2.45) is 0 Å². The van der Waals surface area contributed by atoms with Crippen LogP contribution in [0.25, 0.3) is 0 Å². The fourth-order valence-corrected chi connectivity index (χ4v) is 3.06. The summed E-state index contributed by atoms with van der Waals surface area (Å²) in [5.74, 6) is 0. The van der Waals surface area contributed by atoms with Gasteiger partial charge in [-0.25, -0.2) is 18.6 Å². The molecule has 0 bridgehead atoms. The lowest BCUT2D eigenvalue weighted by Gasteiger charge is -2.17. The lowest BCUT2D eigenvalue weighted by molar-refractivity contribution is -2.00. The summed E-state index contributed by atoms with van der Waals surface area (Å²) >= 11 is 3.55. The van der Waals surface area contributed by atoms with Crippen molar-refractivity contribution in [1.82, 2.24) is 4.58 Å². The molecule has 2 aromatic rings. The zero-order chi connectivity index (χ0) is 14.5. The summed E-state index contributed by atoms with van der Waals surface area (Å²) in [5.41, 5.74) is 2.56. The van der Waals surface area contributed by atoms with Gasteiger partial charge in [0.25, 0.3) is 0 Å². The average molecular weight is 322 g/mol. The van der Waals surface area contributed by atoms with E-state index in [0.717, 1.165) is 0 Å². The Morgan fingerprint density at radius 1 is 1.05 bits per heavy atom. The first-order chi connectivity index (χ1) is 8.77. The van der Waals surface area contributed by atoms with Crippen molar-refractivity contribution in [3.8, 4) is 0 Å². The Kier molecular flexibility index (Phi) is 6.08. The number of nitrogens with zero attached hydrogens (tertiary/aromatic N) is 1. The molecule has 8 heteroatoms. The van der Waals surface area contributed by atoms with Gasteiger partial charge >= 0.3 is 3.98 Å². The first kappa shape index (κ1) is 16.3. The molecular weight excluding hydrogens is 310 g/mol. The fourth-order valence-electron chi connectivity index (χ4n) is 1.30. The summed E-state index contributed by atoms with van der Waals surface area (Å²) in [4.78, 5) is 0. The second-order valence-corrected chi connectivity index (χ2v) is 6.35. The molecule has 0 atom stereocenters. The molecule has 0 fully saturated rings. The highest BCUT2D eigenvalue weighted by molar-refractivity contribution is 7.24. The van der Waals surface area contributed by atoms with Gasteiger partial charge in [0.2, 0.25) is 5.69 Å². The van der Waals surface area contributed by atoms with Gasteiger partial charge in [-0.15, -0.1) is 10.2 Å². The molecule has 2 rings (SSSR count). The molecule has 19 heavy (non-hydrogen) atoms. The zero-order valence-electron chi connectivity index (χ0n) is 10.2. The first-order valence-corrected chi connectivity index (χ1v) is 8.04. The van der Waals surface area contributed by atoms with Gasteiger partial charge in [0, 0.05) is 22.9 Å². The number of halogens is 1. The van der Waals surface area contributed by atoms with Crippen molar-refractivity contribution < 1.29 is 28.9 Å². The minimum Gasteiger partial charge on any atom is -0.222 e. The van der Waals surface area contributed by atoms with Crippen LogP contribution in [0.5, 0.6) is 0 Å². The van der Waals surface area contributed by atoms with Crippen LogP contribution in [0.4, 0.5) is 5.69 Å². The molecule has 0 N–H and O–H groups in total. The van der Waals surface area contributed by atoms with E-state index < -0.39 is 10.2 Å². The summed E-state index contributed by atoms with van der Waals surface area (Å²) in [6.07, 6.45) is 0. The van der Waals surface area contributed by atoms with Crippen LogP contribution >= 0.6 is 22.7 Å². The minimum atomic E-state index is -4.94. The van der Waals surface area contributed by atoms with E-state index in [-0.39, 0.29) is 0 Å². The standard InChI is InChI=1S/C11H12NS2.ClHO4/c1-9-4-3-5-10(8-9)12(2)11-13-6-7-14-11;2-1(3,4)5/h3-8H,1-2H3;(H,2,3,4,5)/q+1;/p-1. The van der Waals surface area contributed by atoms with E-state index in [1.165, 1.54) is 15.2 Å². The second kappa shape index (κ2) is 7.11. The normalized spacial score (nSPS) is 10.6. The Morgan fingerprint density at radius 2 is 1.58 bits per heavy atom. The number of benzene rings is 1. The van der Waals surface area contributed by atoms with Gasteiger partial charge in [-0.2, -0.15) is 4.58 Å². The summed E-state index contributed by atoms with van der Waals surface area (Å²) in [5, 5.41) is 4.23. The lowest BCUT2D eigenvalue weighted by Crippen LogP contribution is -2.68. The van der Waals surface area contributed by atoms with Gasteiger partial charge in [0.1, 0.15) is 7.05 Å². The molecule has 0 spiro atoms. The van der Waals surface area contributed by atoms with Crippen molar-refractivity contribution in [3.05, 3.63) is 44.6 Å². The lowest BCUT2D eigenvalue weighted by atomic mass is 10.2. The molecule has 0 radical (unpaired) electrons. The van der Waals surface area contributed by atoms with Crippen LogP contribution < -0.4 is 27.2 Å². The predicted molar refractivity (Wildman–Crippen MR) is 64.2 cm³/mol. The maximum atomic E-state index is 8.49. The molecule has 0 aliphatic carbocycles. The summed E-state index contributed by atoms with van der Waals surface area (Å²) < 4.78 is 37.5. The molecule has 1 heterocycles. The van der Waals surface area contributed by atoms with E-state index in [1.807, 2.05) is 0 Å².